The van der Waals surface area contributed by atoms with Crippen molar-refractivity contribution in [2.75, 3.05) is 13.1 Å². The fourth-order valence-electron chi connectivity index (χ4n) is 3.38. The molecule has 0 spiro atoms. The summed E-state index contributed by atoms with van der Waals surface area (Å²) in [6.07, 6.45) is 3.22. The molecule has 1 heterocycles. The average molecular weight is 321 g/mol. The summed E-state index contributed by atoms with van der Waals surface area (Å²) in [5, 5.41) is 4.50. The van der Waals surface area contributed by atoms with Crippen molar-refractivity contribution < 1.29 is 4.79 Å². The summed E-state index contributed by atoms with van der Waals surface area (Å²) >= 11 is 6.08. The van der Waals surface area contributed by atoms with Crippen LogP contribution in [-0.4, -0.2) is 29.9 Å². The molecule has 1 aromatic carbocycles. The second-order valence-electron chi connectivity index (χ2n) is 6.87. The van der Waals surface area contributed by atoms with Crippen molar-refractivity contribution in [3.05, 3.63) is 34.9 Å². The topological polar surface area (TPSA) is 32.3 Å². The van der Waals surface area contributed by atoms with Gasteiger partial charge in [-0.2, -0.15) is 0 Å². The van der Waals surface area contributed by atoms with Crippen molar-refractivity contribution in [1.82, 2.24) is 10.2 Å². The molecule has 3 rings (SSSR count). The average Bonchev–Trinajstić information content (AvgIpc) is 3.33. The number of rotatable bonds is 4. The lowest BCUT2D eigenvalue weighted by Gasteiger charge is -2.39. The quantitative estimate of drug-likeness (QED) is 0.918. The first-order valence-electron chi connectivity index (χ1n) is 8.35. The first kappa shape index (κ1) is 15.8. The fourth-order valence-corrected chi connectivity index (χ4v) is 3.57. The van der Waals surface area contributed by atoms with Crippen molar-refractivity contribution >= 4 is 17.5 Å². The molecular formula is C18H25ClN2O. The van der Waals surface area contributed by atoms with Gasteiger partial charge >= 0.3 is 0 Å². The van der Waals surface area contributed by atoms with Gasteiger partial charge in [0.25, 0.3) is 0 Å². The van der Waals surface area contributed by atoms with Crippen molar-refractivity contribution in [3.8, 4) is 0 Å². The van der Waals surface area contributed by atoms with E-state index in [0.29, 0.717) is 23.8 Å². The third kappa shape index (κ3) is 3.64. The lowest BCUT2D eigenvalue weighted by atomic mass is 9.92. The highest BCUT2D eigenvalue weighted by Crippen LogP contribution is 2.32. The Morgan fingerprint density at radius 1 is 1.36 bits per heavy atom. The van der Waals surface area contributed by atoms with Gasteiger partial charge in [0.15, 0.2) is 0 Å². The maximum atomic E-state index is 12.2. The summed E-state index contributed by atoms with van der Waals surface area (Å²) in [5.41, 5.74) is 1.22. The van der Waals surface area contributed by atoms with Gasteiger partial charge in [0, 0.05) is 36.1 Å². The van der Waals surface area contributed by atoms with Crippen LogP contribution in [0.1, 0.15) is 44.7 Å². The summed E-state index contributed by atoms with van der Waals surface area (Å²) in [6.45, 7) is 6.20. The number of benzene rings is 1. The molecule has 22 heavy (non-hydrogen) atoms. The highest BCUT2D eigenvalue weighted by Gasteiger charge is 2.37. The monoisotopic (exact) mass is 320 g/mol. The van der Waals surface area contributed by atoms with Crippen LogP contribution >= 0.6 is 11.6 Å². The number of amides is 1. The maximum absolute atomic E-state index is 12.2. The van der Waals surface area contributed by atoms with E-state index in [-0.39, 0.29) is 6.04 Å². The molecular weight excluding hydrogens is 296 g/mol. The molecule has 1 aliphatic carbocycles. The van der Waals surface area contributed by atoms with Gasteiger partial charge in [-0.3, -0.25) is 4.79 Å². The third-order valence-electron chi connectivity index (χ3n) is 4.96. The van der Waals surface area contributed by atoms with E-state index in [9.17, 15) is 4.79 Å². The fraction of sp³-hybridized carbons (Fsp3) is 0.611. The second kappa shape index (κ2) is 6.59. The Morgan fingerprint density at radius 3 is 2.77 bits per heavy atom. The maximum Gasteiger partial charge on any atom is 0.225 e. The first-order chi connectivity index (χ1) is 10.5. The van der Waals surface area contributed by atoms with Crippen LogP contribution in [-0.2, 0) is 4.79 Å². The molecule has 0 bridgehead atoms. The number of carbonyl (C=O) groups excluding carboxylic acids is 1. The molecule has 0 aromatic heterocycles. The Morgan fingerprint density at radius 2 is 2.14 bits per heavy atom. The van der Waals surface area contributed by atoms with E-state index < -0.39 is 0 Å². The standard InChI is InChI=1S/C18H25ClN2O/c1-12-11-21(18(22)14-6-7-14)9-8-17(12)20-13(2)15-4-3-5-16(19)10-15/h3-5,10,12-14,17,20H,6-9,11H2,1-2H3/t12-,13-,17-/m0/s1. The predicted octanol–water partition coefficient (Wildman–Crippen LogP) is 3.64. The highest BCUT2D eigenvalue weighted by molar-refractivity contribution is 6.30. The minimum atomic E-state index is 0.275. The van der Waals surface area contributed by atoms with Crippen molar-refractivity contribution in [2.45, 2.75) is 45.2 Å². The zero-order valence-electron chi connectivity index (χ0n) is 13.4. The molecule has 0 radical (unpaired) electrons. The molecule has 1 aromatic rings. The predicted molar refractivity (Wildman–Crippen MR) is 89.9 cm³/mol. The van der Waals surface area contributed by atoms with E-state index in [1.165, 1.54) is 5.56 Å². The Hall–Kier alpha value is -1.06. The summed E-state index contributed by atoms with van der Waals surface area (Å²) in [7, 11) is 0. The number of piperidine rings is 1. The van der Waals surface area contributed by atoms with E-state index in [2.05, 4.69) is 30.1 Å². The van der Waals surface area contributed by atoms with Gasteiger partial charge in [0.2, 0.25) is 5.91 Å². The molecule has 1 aliphatic heterocycles. The Balaban J connectivity index is 1.56. The largest absolute Gasteiger partial charge is 0.342 e. The highest BCUT2D eigenvalue weighted by atomic mass is 35.5. The van der Waals surface area contributed by atoms with Crippen molar-refractivity contribution in [3.63, 3.8) is 0 Å². The SMILES string of the molecule is C[C@H](N[C@H]1CCN(C(=O)C2CC2)C[C@@H]1C)c1cccc(Cl)c1. The van der Waals surface area contributed by atoms with Gasteiger partial charge in [-0.25, -0.2) is 0 Å². The van der Waals surface area contributed by atoms with E-state index in [1.54, 1.807) is 0 Å². The molecule has 2 aliphatic rings. The zero-order chi connectivity index (χ0) is 15.7. The van der Waals surface area contributed by atoms with Gasteiger partial charge < -0.3 is 10.2 Å². The smallest absolute Gasteiger partial charge is 0.225 e. The van der Waals surface area contributed by atoms with Crippen LogP contribution in [0.15, 0.2) is 24.3 Å². The van der Waals surface area contributed by atoms with E-state index in [0.717, 1.165) is 37.4 Å². The normalized spacial score (nSPS) is 26.8. The number of likely N-dealkylation sites (tertiary alicyclic amines) is 1. The number of nitrogens with one attached hydrogen (secondary N) is 1. The van der Waals surface area contributed by atoms with Gasteiger partial charge in [-0.15, -0.1) is 0 Å². The Kier molecular flexibility index (Phi) is 4.74. The van der Waals surface area contributed by atoms with Gasteiger partial charge in [0.1, 0.15) is 0 Å². The minimum absolute atomic E-state index is 0.275. The van der Waals surface area contributed by atoms with Crippen LogP contribution in [0.4, 0.5) is 0 Å². The minimum Gasteiger partial charge on any atom is -0.342 e. The molecule has 3 nitrogen and oxygen atoms in total. The lowest BCUT2D eigenvalue weighted by molar-refractivity contribution is -0.134. The van der Waals surface area contributed by atoms with Crippen LogP contribution in [0, 0.1) is 11.8 Å². The first-order valence-corrected chi connectivity index (χ1v) is 8.72. The molecule has 2 fully saturated rings. The molecule has 1 saturated heterocycles. The molecule has 120 valence electrons. The number of carbonyl (C=O) groups is 1. The van der Waals surface area contributed by atoms with Crippen LogP contribution < -0.4 is 5.32 Å². The van der Waals surface area contributed by atoms with E-state index in [4.69, 9.17) is 11.6 Å². The summed E-state index contributed by atoms with van der Waals surface area (Å²) in [4.78, 5) is 14.3. The van der Waals surface area contributed by atoms with Crippen molar-refractivity contribution in [2.24, 2.45) is 11.8 Å². The van der Waals surface area contributed by atoms with Crippen LogP contribution in [0.5, 0.6) is 0 Å². The molecule has 0 unspecified atom stereocenters. The number of halogens is 1. The molecule has 1 N–H and O–H groups in total. The molecule has 1 amide bonds. The molecule has 4 heteroatoms. The molecule has 3 atom stereocenters. The molecule has 1 saturated carbocycles. The number of hydrogen-bond donors (Lipinski definition) is 1. The van der Waals surface area contributed by atoms with Crippen LogP contribution in [0.2, 0.25) is 5.02 Å². The van der Waals surface area contributed by atoms with Crippen molar-refractivity contribution in [1.29, 1.82) is 0 Å². The summed E-state index contributed by atoms with van der Waals surface area (Å²) in [5.74, 6) is 1.20. The van der Waals surface area contributed by atoms with Gasteiger partial charge in [-0.1, -0.05) is 30.7 Å². The Labute approximate surface area is 138 Å². The number of hydrogen-bond acceptors (Lipinski definition) is 2. The summed E-state index contributed by atoms with van der Waals surface area (Å²) in [6, 6.07) is 8.77. The Bertz CT molecular complexity index is 544. The zero-order valence-corrected chi connectivity index (χ0v) is 14.1. The third-order valence-corrected chi connectivity index (χ3v) is 5.19. The number of nitrogens with zero attached hydrogens (tertiary/aromatic N) is 1. The van der Waals surface area contributed by atoms with E-state index >= 15 is 0 Å². The van der Waals surface area contributed by atoms with E-state index in [1.807, 2.05) is 18.2 Å². The summed E-state index contributed by atoms with van der Waals surface area (Å²) < 4.78 is 0. The van der Waals surface area contributed by atoms with Crippen LogP contribution in [0.25, 0.3) is 0 Å². The lowest BCUT2D eigenvalue weighted by Crippen LogP contribution is -2.50. The van der Waals surface area contributed by atoms with Gasteiger partial charge in [-0.05, 0) is 49.8 Å². The second-order valence-corrected chi connectivity index (χ2v) is 7.31. The van der Waals surface area contributed by atoms with Gasteiger partial charge in [0.05, 0.1) is 0 Å². The van der Waals surface area contributed by atoms with Crippen LogP contribution in [0.3, 0.4) is 0 Å².